The molecule has 0 bridgehead atoms. The van der Waals surface area contributed by atoms with Gasteiger partial charge in [-0.15, -0.1) is 0 Å². The van der Waals surface area contributed by atoms with Crippen molar-refractivity contribution in [3.05, 3.63) is 47.0 Å². The quantitative estimate of drug-likeness (QED) is 0.384. The second kappa shape index (κ2) is 9.45. The molecule has 0 unspecified atom stereocenters. The number of ketones is 1. The molecule has 1 N–H and O–H groups in total. The molecule has 35 heavy (non-hydrogen) atoms. The summed E-state index contributed by atoms with van der Waals surface area (Å²) in [4.78, 5) is 28.5. The van der Waals surface area contributed by atoms with E-state index in [0.717, 1.165) is 35.8 Å². The van der Waals surface area contributed by atoms with Crippen molar-refractivity contribution in [1.29, 1.82) is 0 Å². The molecule has 0 radical (unpaired) electrons. The molecule has 8 nitrogen and oxygen atoms in total. The number of sulfonamides is 1. The Balaban J connectivity index is 1.84. The van der Waals surface area contributed by atoms with Crippen molar-refractivity contribution in [1.82, 2.24) is 4.98 Å². The van der Waals surface area contributed by atoms with Crippen LogP contribution in [0.4, 0.5) is 5.82 Å². The Kier molecular flexibility index (Phi) is 6.73. The number of pyridine rings is 1. The zero-order valence-electron chi connectivity index (χ0n) is 20.4. The average Bonchev–Trinajstić information content (AvgIpc) is 3.55. The Morgan fingerprint density at radius 3 is 2.43 bits per heavy atom. The monoisotopic (exact) mass is 498 g/mol. The summed E-state index contributed by atoms with van der Waals surface area (Å²) in [6.07, 6.45) is 3.65. The van der Waals surface area contributed by atoms with Gasteiger partial charge in [0.1, 0.15) is 11.6 Å². The molecule has 4 rings (SSSR count). The first kappa shape index (κ1) is 24.9. The molecule has 9 heteroatoms. The number of aliphatic carboxylic acids is 1. The summed E-state index contributed by atoms with van der Waals surface area (Å²) in [5, 5.41) is 9.74. The van der Waals surface area contributed by atoms with Crippen molar-refractivity contribution in [3.8, 4) is 11.3 Å². The molecule has 1 atom stereocenters. The largest absolute Gasteiger partial charge is 0.481 e. The van der Waals surface area contributed by atoms with Gasteiger partial charge in [0.05, 0.1) is 23.1 Å². The second-order valence-corrected chi connectivity index (χ2v) is 11.4. The van der Waals surface area contributed by atoms with Gasteiger partial charge < -0.3 is 9.52 Å². The van der Waals surface area contributed by atoms with E-state index >= 15 is 0 Å². The number of Topliss-reactive ketones (excluding diaryl/α,β-unsaturated/α-hetero) is 1. The summed E-state index contributed by atoms with van der Waals surface area (Å²) in [6, 6.07) is 9.49. The van der Waals surface area contributed by atoms with Gasteiger partial charge in [0.2, 0.25) is 15.7 Å². The standard InChI is InChI=1S/C26H30N2O6S/c1-15-7-9-19(10-8-15)23-22(17(3)29)21-14-20(18-11-12-18)24(27-25(21)34-23)28(35(4,32)33)13-5-6-16(2)26(30)31/h7-10,14,16,18H,5-6,11-13H2,1-4H3,(H,30,31)/t16-/m1/s1. The zero-order chi connectivity index (χ0) is 25.5. The lowest BCUT2D eigenvalue weighted by Gasteiger charge is -2.24. The molecular formula is C26H30N2O6S. The van der Waals surface area contributed by atoms with Crippen molar-refractivity contribution in [2.75, 3.05) is 17.1 Å². The second-order valence-electron chi connectivity index (χ2n) is 9.47. The minimum Gasteiger partial charge on any atom is -0.481 e. The van der Waals surface area contributed by atoms with Gasteiger partial charge in [0.25, 0.3) is 0 Å². The van der Waals surface area contributed by atoms with Gasteiger partial charge in [0.15, 0.2) is 5.78 Å². The van der Waals surface area contributed by atoms with E-state index in [9.17, 15) is 18.0 Å². The molecular weight excluding hydrogens is 468 g/mol. The van der Waals surface area contributed by atoms with Gasteiger partial charge in [-0.05, 0) is 57.1 Å². The molecule has 0 spiro atoms. The molecule has 0 amide bonds. The number of carboxylic acids is 1. The first-order chi connectivity index (χ1) is 16.5. The summed E-state index contributed by atoms with van der Waals surface area (Å²) in [5.41, 5.74) is 3.24. The van der Waals surface area contributed by atoms with Crippen molar-refractivity contribution in [2.24, 2.45) is 5.92 Å². The first-order valence-electron chi connectivity index (χ1n) is 11.7. The van der Waals surface area contributed by atoms with Crippen molar-refractivity contribution >= 4 is 38.7 Å². The molecule has 1 aromatic carbocycles. The van der Waals surface area contributed by atoms with Crippen LogP contribution in [0.15, 0.2) is 34.7 Å². The predicted octanol–water partition coefficient (Wildman–Crippen LogP) is 5.15. The van der Waals surface area contributed by atoms with E-state index in [-0.39, 0.29) is 24.0 Å². The number of nitrogens with zero attached hydrogens (tertiary/aromatic N) is 2. The van der Waals surface area contributed by atoms with Gasteiger partial charge in [-0.25, -0.2) is 8.42 Å². The van der Waals surface area contributed by atoms with Gasteiger partial charge >= 0.3 is 5.97 Å². The maximum atomic E-state index is 12.8. The van der Waals surface area contributed by atoms with E-state index in [0.29, 0.717) is 35.4 Å². The first-order valence-corrected chi connectivity index (χ1v) is 13.6. The summed E-state index contributed by atoms with van der Waals surface area (Å²) in [7, 11) is -3.69. The molecule has 1 fully saturated rings. The van der Waals surface area contributed by atoms with Crippen LogP contribution in [0.2, 0.25) is 0 Å². The summed E-state index contributed by atoms with van der Waals surface area (Å²) in [6.45, 7) is 5.17. The molecule has 0 aliphatic heterocycles. The van der Waals surface area contributed by atoms with Crippen molar-refractivity contribution < 1.29 is 27.5 Å². The van der Waals surface area contributed by atoms with E-state index < -0.39 is 21.9 Å². The molecule has 2 aromatic heterocycles. The molecule has 0 saturated heterocycles. The number of carbonyl (C=O) groups is 2. The molecule has 1 saturated carbocycles. The number of anilines is 1. The lowest BCUT2D eigenvalue weighted by atomic mass is 10.0. The van der Waals surface area contributed by atoms with Gasteiger partial charge in [-0.2, -0.15) is 4.98 Å². The van der Waals surface area contributed by atoms with Crippen LogP contribution in [0.25, 0.3) is 22.4 Å². The highest BCUT2D eigenvalue weighted by Gasteiger charge is 2.34. The number of hydrogen-bond donors (Lipinski definition) is 1. The number of aryl methyl sites for hydroxylation is 1. The third-order valence-electron chi connectivity index (χ3n) is 6.43. The summed E-state index contributed by atoms with van der Waals surface area (Å²) < 4.78 is 32.9. The van der Waals surface area contributed by atoms with Crippen LogP contribution in [0, 0.1) is 12.8 Å². The lowest BCUT2D eigenvalue weighted by molar-refractivity contribution is -0.141. The lowest BCUT2D eigenvalue weighted by Crippen LogP contribution is -2.33. The topological polar surface area (TPSA) is 118 Å². The highest BCUT2D eigenvalue weighted by atomic mass is 32.2. The highest BCUT2D eigenvalue weighted by molar-refractivity contribution is 7.92. The third kappa shape index (κ3) is 5.24. The molecule has 186 valence electrons. The molecule has 1 aliphatic carbocycles. The van der Waals surface area contributed by atoms with Crippen LogP contribution in [0.5, 0.6) is 0 Å². The smallest absolute Gasteiger partial charge is 0.306 e. The maximum Gasteiger partial charge on any atom is 0.306 e. The number of carbonyl (C=O) groups excluding carboxylic acids is 1. The van der Waals surface area contributed by atoms with Crippen LogP contribution in [-0.4, -0.2) is 43.1 Å². The summed E-state index contributed by atoms with van der Waals surface area (Å²) >= 11 is 0. The minimum atomic E-state index is -3.69. The fourth-order valence-electron chi connectivity index (χ4n) is 4.28. The summed E-state index contributed by atoms with van der Waals surface area (Å²) in [5.74, 6) is -0.773. The Bertz CT molecular complexity index is 1390. The maximum absolute atomic E-state index is 12.8. The number of hydrogen-bond acceptors (Lipinski definition) is 6. The Morgan fingerprint density at radius 1 is 1.23 bits per heavy atom. The number of rotatable bonds is 10. The van der Waals surface area contributed by atoms with Gasteiger partial charge in [-0.1, -0.05) is 36.8 Å². The van der Waals surface area contributed by atoms with E-state index in [1.165, 1.54) is 11.2 Å². The van der Waals surface area contributed by atoms with Crippen LogP contribution in [0.3, 0.4) is 0 Å². The number of benzene rings is 1. The van der Waals surface area contributed by atoms with E-state index in [2.05, 4.69) is 4.98 Å². The van der Waals surface area contributed by atoms with E-state index in [1.807, 2.05) is 37.3 Å². The Hall–Kier alpha value is -3.20. The number of furan rings is 1. The Morgan fingerprint density at radius 2 is 1.89 bits per heavy atom. The van der Waals surface area contributed by atoms with Crippen molar-refractivity contribution in [3.63, 3.8) is 0 Å². The molecule has 2 heterocycles. The zero-order valence-corrected chi connectivity index (χ0v) is 21.2. The molecule has 3 aromatic rings. The van der Waals surface area contributed by atoms with Gasteiger partial charge in [0, 0.05) is 12.1 Å². The minimum absolute atomic E-state index is 0.111. The normalized spacial score (nSPS) is 14.7. The van der Waals surface area contributed by atoms with Crippen molar-refractivity contribution in [2.45, 2.75) is 52.4 Å². The SMILES string of the molecule is CC(=O)c1c(-c2ccc(C)cc2)oc2nc(N(CCC[C@@H](C)C(=O)O)S(C)(=O)=O)c(C3CC3)cc12. The fourth-order valence-corrected chi connectivity index (χ4v) is 5.20. The predicted molar refractivity (Wildman–Crippen MR) is 134 cm³/mol. The number of carboxylic acid groups (broad SMARTS) is 1. The average molecular weight is 499 g/mol. The van der Waals surface area contributed by atoms with E-state index in [4.69, 9.17) is 9.52 Å². The van der Waals surface area contributed by atoms with Crippen LogP contribution in [0.1, 0.15) is 66.9 Å². The number of aromatic nitrogens is 1. The fraction of sp³-hybridized carbons (Fsp3) is 0.423. The Labute approximate surface area is 205 Å². The van der Waals surface area contributed by atoms with Gasteiger partial charge in [-0.3, -0.25) is 13.9 Å². The van der Waals surface area contributed by atoms with E-state index in [1.54, 1.807) is 6.92 Å². The van der Waals surface area contributed by atoms with Crippen LogP contribution >= 0.6 is 0 Å². The van der Waals surface area contributed by atoms with Crippen LogP contribution in [-0.2, 0) is 14.8 Å². The highest BCUT2D eigenvalue weighted by Crippen LogP contribution is 2.46. The van der Waals surface area contributed by atoms with Crippen LogP contribution < -0.4 is 4.31 Å². The molecule has 1 aliphatic rings. The third-order valence-corrected chi connectivity index (χ3v) is 7.59. The number of fused-ring (bicyclic) bond motifs is 1.